The molecule has 1 aliphatic heterocycles. The number of nitrogens with zero attached hydrogens (tertiary/aromatic N) is 2. The van der Waals surface area contributed by atoms with Crippen LogP contribution in [0.15, 0.2) is 42.7 Å². The van der Waals surface area contributed by atoms with E-state index in [-0.39, 0.29) is 11.8 Å². The molecule has 2 aromatic rings. The van der Waals surface area contributed by atoms with Crippen molar-refractivity contribution in [2.45, 2.75) is 19.3 Å². The lowest BCUT2D eigenvalue weighted by Gasteiger charge is -2.17. The van der Waals surface area contributed by atoms with Crippen molar-refractivity contribution in [2.24, 2.45) is 0 Å². The van der Waals surface area contributed by atoms with Crippen molar-refractivity contribution in [3.8, 4) is 0 Å². The summed E-state index contributed by atoms with van der Waals surface area (Å²) in [5, 5.41) is 5.95. The van der Waals surface area contributed by atoms with Crippen LogP contribution >= 0.6 is 0 Å². The number of benzene rings is 1. The summed E-state index contributed by atoms with van der Waals surface area (Å²) in [7, 11) is 1.87. The van der Waals surface area contributed by atoms with Gasteiger partial charge in [0, 0.05) is 36.7 Å². The van der Waals surface area contributed by atoms with E-state index in [1.54, 1.807) is 29.4 Å². The number of hydrogen-bond acceptors (Lipinski definition) is 4. The standard InChI is InChI=1S/C19H22N4O2/c1-20-9-3-5-18(24)22-16-6-7-17-14(12-16)8-11-23(17)19(25)15-4-2-10-21-13-15/h2,4,6-7,10,12-13,20H,3,5,8-9,11H2,1H3,(H,22,24). The third-order valence-corrected chi connectivity index (χ3v) is 4.24. The molecule has 0 fully saturated rings. The molecule has 130 valence electrons. The van der Waals surface area contributed by atoms with Crippen molar-refractivity contribution in [1.82, 2.24) is 10.3 Å². The number of anilines is 2. The SMILES string of the molecule is CNCCCC(=O)Nc1ccc2c(c1)CCN2C(=O)c1cccnc1. The molecule has 2 heterocycles. The van der Waals surface area contributed by atoms with Gasteiger partial charge >= 0.3 is 0 Å². The highest BCUT2D eigenvalue weighted by Gasteiger charge is 2.25. The van der Waals surface area contributed by atoms with Crippen molar-refractivity contribution in [3.05, 3.63) is 53.9 Å². The lowest BCUT2D eigenvalue weighted by Crippen LogP contribution is -2.28. The maximum absolute atomic E-state index is 12.6. The highest BCUT2D eigenvalue weighted by Crippen LogP contribution is 2.31. The molecule has 0 unspecified atom stereocenters. The van der Waals surface area contributed by atoms with Crippen molar-refractivity contribution in [1.29, 1.82) is 0 Å². The minimum Gasteiger partial charge on any atom is -0.326 e. The summed E-state index contributed by atoms with van der Waals surface area (Å²) in [4.78, 5) is 30.3. The second-order valence-electron chi connectivity index (χ2n) is 6.05. The van der Waals surface area contributed by atoms with Crippen LogP contribution in [0.3, 0.4) is 0 Å². The Morgan fingerprint density at radius 1 is 1.28 bits per heavy atom. The molecule has 6 nitrogen and oxygen atoms in total. The number of pyridine rings is 1. The molecule has 0 radical (unpaired) electrons. The quantitative estimate of drug-likeness (QED) is 0.792. The Balaban J connectivity index is 1.68. The number of amides is 2. The van der Waals surface area contributed by atoms with Crippen LogP contribution in [0.4, 0.5) is 11.4 Å². The van der Waals surface area contributed by atoms with Gasteiger partial charge in [0.05, 0.1) is 5.56 Å². The Kier molecular flexibility index (Phi) is 5.40. The van der Waals surface area contributed by atoms with Gasteiger partial charge < -0.3 is 15.5 Å². The summed E-state index contributed by atoms with van der Waals surface area (Å²) < 4.78 is 0. The summed E-state index contributed by atoms with van der Waals surface area (Å²) >= 11 is 0. The Morgan fingerprint density at radius 3 is 2.92 bits per heavy atom. The minimum absolute atomic E-state index is 0.0106. The monoisotopic (exact) mass is 338 g/mol. The van der Waals surface area contributed by atoms with Gasteiger partial charge in [0.25, 0.3) is 5.91 Å². The van der Waals surface area contributed by atoms with Crippen LogP contribution in [0.1, 0.15) is 28.8 Å². The lowest BCUT2D eigenvalue weighted by atomic mass is 10.1. The van der Waals surface area contributed by atoms with Crippen molar-refractivity contribution < 1.29 is 9.59 Å². The molecule has 25 heavy (non-hydrogen) atoms. The Hall–Kier alpha value is -2.73. The van der Waals surface area contributed by atoms with Crippen LogP contribution < -0.4 is 15.5 Å². The van der Waals surface area contributed by atoms with E-state index in [1.807, 2.05) is 25.2 Å². The van der Waals surface area contributed by atoms with Crippen LogP contribution in [0.2, 0.25) is 0 Å². The van der Waals surface area contributed by atoms with E-state index in [0.29, 0.717) is 18.5 Å². The van der Waals surface area contributed by atoms with Crippen LogP contribution in [0.25, 0.3) is 0 Å². The fourth-order valence-electron chi connectivity index (χ4n) is 2.98. The van der Waals surface area contributed by atoms with Crippen molar-refractivity contribution in [2.75, 3.05) is 30.4 Å². The maximum Gasteiger partial charge on any atom is 0.259 e. The molecule has 2 N–H and O–H groups in total. The smallest absolute Gasteiger partial charge is 0.259 e. The van der Waals surface area contributed by atoms with Gasteiger partial charge in [-0.1, -0.05) is 0 Å². The Morgan fingerprint density at radius 2 is 2.16 bits per heavy atom. The summed E-state index contributed by atoms with van der Waals surface area (Å²) in [5.74, 6) is -0.0350. The molecule has 1 aromatic carbocycles. The number of carbonyl (C=O) groups is 2. The molecule has 0 spiro atoms. The molecule has 2 amide bonds. The number of carbonyl (C=O) groups excluding carboxylic acids is 2. The molecule has 0 bridgehead atoms. The van der Waals surface area contributed by atoms with E-state index in [2.05, 4.69) is 15.6 Å². The Labute approximate surface area is 147 Å². The summed E-state index contributed by atoms with van der Waals surface area (Å²) in [6, 6.07) is 9.25. The van der Waals surface area contributed by atoms with Gasteiger partial charge in [-0.25, -0.2) is 0 Å². The number of rotatable bonds is 6. The van der Waals surface area contributed by atoms with Crippen molar-refractivity contribution in [3.63, 3.8) is 0 Å². The Bertz CT molecular complexity index is 761. The zero-order valence-corrected chi connectivity index (χ0v) is 14.3. The first-order chi connectivity index (χ1) is 12.2. The molecule has 1 aromatic heterocycles. The van der Waals surface area contributed by atoms with E-state index in [1.165, 1.54) is 0 Å². The molecule has 1 aliphatic rings. The van der Waals surface area contributed by atoms with Gasteiger partial charge in [0.1, 0.15) is 0 Å². The van der Waals surface area contributed by atoms with E-state index in [4.69, 9.17) is 0 Å². The predicted molar refractivity (Wildman–Crippen MR) is 97.8 cm³/mol. The number of fused-ring (bicyclic) bond motifs is 1. The molecular weight excluding hydrogens is 316 g/mol. The molecule has 0 aliphatic carbocycles. The molecule has 6 heteroatoms. The zero-order chi connectivity index (χ0) is 17.6. The van der Waals surface area contributed by atoms with E-state index in [9.17, 15) is 9.59 Å². The minimum atomic E-state index is -0.0456. The third kappa shape index (κ3) is 4.03. The molecular formula is C19H22N4O2. The van der Waals surface area contributed by atoms with E-state index >= 15 is 0 Å². The highest BCUT2D eigenvalue weighted by atomic mass is 16.2. The van der Waals surface area contributed by atoms with Gasteiger partial charge in [0.15, 0.2) is 0 Å². The van der Waals surface area contributed by atoms with Crippen LogP contribution in [0.5, 0.6) is 0 Å². The summed E-state index contributed by atoms with van der Waals surface area (Å²) in [6.45, 7) is 1.46. The highest BCUT2D eigenvalue weighted by molar-refractivity contribution is 6.07. The average molecular weight is 338 g/mol. The van der Waals surface area contributed by atoms with Gasteiger partial charge in [-0.3, -0.25) is 14.6 Å². The first-order valence-corrected chi connectivity index (χ1v) is 8.48. The summed E-state index contributed by atoms with van der Waals surface area (Å²) in [5.41, 5.74) is 3.34. The average Bonchev–Trinajstić information content (AvgIpc) is 3.05. The lowest BCUT2D eigenvalue weighted by molar-refractivity contribution is -0.116. The first-order valence-electron chi connectivity index (χ1n) is 8.48. The maximum atomic E-state index is 12.6. The van der Waals surface area contributed by atoms with Crippen molar-refractivity contribution >= 4 is 23.2 Å². The van der Waals surface area contributed by atoms with Gasteiger partial charge in [-0.05, 0) is 62.3 Å². The first kappa shape index (κ1) is 17.1. The normalized spacial score (nSPS) is 12.8. The molecule has 3 rings (SSSR count). The fraction of sp³-hybridized carbons (Fsp3) is 0.316. The van der Waals surface area contributed by atoms with Crippen LogP contribution in [-0.4, -0.2) is 36.9 Å². The fourth-order valence-corrected chi connectivity index (χ4v) is 2.98. The second-order valence-corrected chi connectivity index (χ2v) is 6.05. The molecule has 0 saturated carbocycles. The third-order valence-electron chi connectivity index (χ3n) is 4.24. The van der Waals surface area contributed by atoms with Gasteiger partial charge in [0.2, 0.25) is 5.91 Å². The molecule has 0 atom stereocenters. The van der Waals surface area contributed by atoms with Crippen LogP contribution in [-0.2, 0) is 11.2 Å². The number of aromatic nitrogens is 1. The molecule has 0 saturated heterocycles. The number of nitrogens with one attached hydrogen (secondary N) is 2. The van der Waals surface area contributed by atoms with E-state index < -0.39 is 0 Å². The topological polar surface area (TPSA) is 74.3 Å². The largest absolute Gasteiger partial charge is 0.326 e. The predicted octanol–water partition coefficient (Wildman–Crippen LogP) is 2.22. The zero-order valence-electron chi connectivity index (χ0n) is 14.3. The van der Waals surface area contributed by atoms with Gasteiger partial charge in [-0.15, -0.1) is 0 Å². The summed E-state index contributed by atoms with van der Waals surface area (Å²) in [6.07, 6.45) is 5.31. The van der Waals surface area contributed by atoms with E-state index in [0.717, 1.165) is 36.3 Å². The van der Waals surface area contributed by atoms with Gasteiger partial charge in [-0.2, -0.15) is 0 Å². The second kappa shape index (κ2) is 7.90. The number of hydrogen-bond donors (Lipinski definition) is 2. The van der Waals surface area contributed by atoms with Crippen LogP contribution in [0, 0.1) is 0 Å².